The van der Waals surface area contributed by atoms with Gasteiger partial charge in [-0.25, -0.2) is 15.0 Å². The maximum atomic E-state index is 4.84. The monoisotopic (exact) mass is 378 g/mol. The van der Waals surface area contributed by atoms with Crippen LogP contribution in [0.2, 0.25) is 0 Å². The average molecular weight is 378 g/mol. The number of aliphatic imine (C=N–C) groups is 3. The lowest BCUT2D eigenvalue weighted by Crippen LogP contribution is -2.17. The molecule has 4 nitrogen and oxygen atoms in total. The van der Waals surface area contributed by atoms with E-state index in [1.165, 1.54) is 18.5 Å². The molecule has 4 heteroatoms. The van der Waals surface area contributed by atoms with Gasteiger partial charge in [0.2, 0.25) is 0 Å². The van der Waals surface area contributed by atoms with Crippen LogP contribution in [-0.4, -0.2) is 30.5 Å². The number of hydrogen-bond donors (Lipinski definition) is 0. The summed E-state index contributed by atoms with van der Waals surface area (Å²) in [6, 6.07) is 28.6. The number of hydrogen-bond acceptors (Lipinski definition) is 3. The van der Waals surface area contributed by atoms with Crippen LogP contribution in [0.3, 0.4) is 0 Å². The molecular formula is C25H22N4. The van der Waals surface area contributed by atoms with E-state index in [-0.39, 0.29) is 0 Å². The molecule has 0 spiro atoms. The Hall–Kier alpha value is -3.53. The van der Waals surface area contributed by atoms with E-state index < -0.39 is 0 Å². The zero-order chi connectivity index (χ0) is 19.5. The highest BCUT2D eigenvalue weighted by molar-refractivity contribution is 6.54. The molecule has 0 N–H and O–H groups in total. The van der Waals surface area contributed by atoms with Crippen LogP contribution in [0.1, 0.15) is 24.0 Å². The Balaban J connectivity index is 1.50. The lowest BCUT2D eigenvalue weighted by Gasteiger charge is -2.17. The molecule has 2 aliphatic rings. The van der Waals surface area contributed by atoms with Gasteiger partial charge < -0.3 is 4.90 Å². The predicted molar refractivity (Wildman–Crippen MR) is 121 cm³/mol. The van der Waals surface area contributed by atoms with Gasteiger partial charge in [-0.3, -0.25) is 0 Å². The molecule has 1 fully saturated rings. The average Bonchev–Trinajstić information content (AvgIpc) is 3.46. The van der Waals surface area contributed by atoms with E-state index in [9.17, 15) is 0 Å². The fourth-order valence-corrected chi connectivity index (χ4v) is 3.75. The Labute approximate surface area is 171 Å². The van der Waals surface area contributed by atoms with E-state index in [2.05, 4.69) is 29.2 Å². The fourth-order valence-electron chi connectivity index (χ4n) is 3.75. The smallest absolute Gasteiger partial charge is 0.181 e. The molecule has 0 bridgehead atoms. The van der Waals surface area contributed by atoms with Gasteiger partial charge in [0.25, 0.3) is 0 Å². The Kier molecular flexibility index (Phi) is 4.75. The molecule has 0 atom stereocenters. The van der Waals surface area contributed by atoms with Crippen LogP contribution in [0.15, 0.2) is 99.9 Å². The van der Waals surface area contributed by atoms with Crippen molar-refractivity contribution in [3.8, 4) is 0 Å². The van der Waals surface area contributed by atoms with E-state index in [0.717, 1.165) is 35.6 Å². The second-order valence-corrected chi connectivity index (χ2v) is 7.27. The van der Waals surface area contributed by atoms with Crippen LogP contribution in [0, 0.1) is 0 Å². The Bertz CT molecular complexity index is 1070. The molecular weight excluding hydrogens is 356 g/mol. The van der Waals surface area contributed by atoms with Gasteiger partial charge in [0, 0.05) is 29.9 Å². The first-order chi connectivity index (χ1) is 14.4. The lowest BCUT2D eigenvalue weighted by atomic mass is 10.1. The summed E-state index contributed by atoms with van der Waals surface area (Å²) in [4.78, 5) is 16.8. The van der Waals surface area contributed by atoms with E-state index >= 15 is 0 Å². The first kappa shape index (κ1) is 17.6. The highest BCUT2D eigenvalue weighted by atomic mass is 15.1. The maximum Gasteiger partial charge on any atom is 0.181 e. The fraction of sp³-hybridized carbons (Fsp3) is 0.160. The van der Waals surface area contributed by atoms with Gasteiger partial charge in [0.15, 0.2) is 11.7 Å². The van der Waals surface area contributed by atoms with Crippen LogP contribution in [-0.2, 0) is 0 Å². The van der Waals surface area contributed by atoms with Gasteiger partial charge in [-0.2, -0.15) is 0 Å². The Morgan fingerprint density at radius 1 is 0.655 bits per heavy atom. The van der Waals surface area contributed by atoms with Crippen molar-refractivity contribution < 1.29 is 0 Å². The van der Waals surface area contributed by atoms with Gasteiger partial charge in [-0.1, -0.05) is 60.7 Å². The van der Waals surface area contributed by atoms with Crippen molar-refractivity contribution in [2.45, 2.75) is 12.8 Å². The van der Waals surface area contributed by atoms with Crippen molar-refractivity contribution in [2.75, 3.05) is 18.0 Å². The summed E-state index contributed by atoms with van der Waals surface area (Å²) in [7, 11) is 0. The Morgan fingerprint density at radius 2 is 1.28 bits per heavy atom. The third-order valence-corrected chi connectivity index (χ3v) is 5.28. The largest absolute Gasteiger partial charge is 0.372 e. The minimum atomic E-state index is 0.656. The molecule has 0 amide bonds. The molecule has 0 aliphatic carbocycles. The van der Waals surface area contributed by atoms with Crippen LogP contribution in [0.5, 0.6) is 0 Å². The van der Waals surface area contributed by atoms with Crippen LogP contribution >= 0.6 is 0 Å². The van der Waals surface area contributed by atoms with E-state index in [1.54, 1.807) is 0 Å². The first-order valence-corrected chi connectivity index (χ1v) is 10.1. The standard InChI is InChI=1S/C25H22N4/c1-3-9-19(10-4-1)23-25(28-24(27-23)20-11-5-2-6-12-20)26-21-13-15-22(16-14-21)29-17-7-8-18-29/h1-6,9-16H,7-8,17-18H2. The van der Waals surface area contributed by atoms with Crippen LogP contribution in [0.4, 0.5) is 11.4 Å². The molecule has 142 valence electrons. The summed E-state index contributed by atoms with van der Waals surface area (Å²) in [5.74, 6) is 1.36. The van der Waals surface area contributed by atoms with Crippen LogP contribution in [0.25, 0.3) is 0 Å². The number of amidine groups is 2. The maximum absolute atomic E-state index is 4.84. The third kappa shape index (κ3) is 3.74. The summed E-state index contributed by atoms with van der Waals surface area (Å²) in [5, 5.41) is 0. The lowest BCUT2D eigenvalue weighted by molar-refractivity contribution is 0.949. The van der Waals surface area contributed by atoms with Crippen molar-refractivity contribution in [2.24, 2.45) is 15.0 Å². The van der Waals surface area contributed by atoms with Crippen LogP contribution < -0.4 is 4.90 Å². The summed E-state index contributed by atoms with van der Waals surface area (Å²) in [6.07, 6.45) is 2.55. The summed E-state index contributed by atoms with van der Waals surface area (Å²) < 4.78 is 0. The SMILES string of the molecule is c1ccc(C2=NC(=Nc3ccc(N4CCCC4)cc3)C(c3ccccc3)=N2)cc1. The molecule has 2 aliphatic heterocycles. The van der Waals surface area contributed by atoms with Gasteiger partial charge in [0.1, 0.15) is 5.71 Å². The minimum Gasteiger partial charge on any atom is -0.372 e. The van der Waals surface area contributed by atoms with Gasteiger partial charge in [-0.05, 0) is 37.1 Å². The third-order valence-electron chi connectivity index (χ3n) is 5.28. The second kappa shape index (κ2) is 7.84. The number of rotatable bonds is 4. The quantitative estimate of drug-likeness (QED) is 0.610. The first-order valence-electron chi connectivity index (χ1n) is 10.1. The zero-order valence-electron chi connectivity index (χ0n) is 16.2. The van der Waals surface area contributed by atoms with Crippen molar-refractivity contribution in [3.63, 3.8) is 0 Å². The normalized spacial score (nSPS) is 17.5. The molecule has 5 rings (SSSR count). The molecule has 0 radical (unpaired) electrons. The molecule has 0 aromatic heterocycles. The topological polar surface area (TPSA) is 40.3 Å². The van der Waals surface area contributed by atoms with Crippen molar-refractivity contribution in [1.82, 2.24) is 0 Å². The molecule has 3 aromatic carbocycles. The molecule has 1 saturated heterocycles. The van der Waals surface area contributed by atoms with Crippen molar-refractivity contribution in [1.29, 1.82) is 0 Å². The van der Waals surface area contributed by atoms with Gasteiger partial charge >= 0.3 is 0 Å². The molecule has 0 saturated carbocycles. The minimum absolute atomic E-state index is 0.656. The summed E-state index contributed by atoms with van der Waals surface area (Å²) >= 11 is 0. The van der Waals surface area contributed by atoms with E-state index in [1.807, 2.05) is 60.7 Å². The highest BCUT2D eigenvalue weighted by Crippen LogP contribution is 2.24. The van der Waals surface area contributed by atoms with E-state index in [0.29, 0.717) is 11.7 Å². The number of anilines is 1. The molecule has 0 unspecified atom stereocenters. The molecule has 29 heavy (non-hydrogen) atoms. The Morgan fingerprint density at radius 3 is 1.93 bits per heavy atom. The van der Waals surface area contributed by atoms with Gasteiger partial charge in [-0.15, -0.1) is 0 Å². The number of benzene rings is 3. The van der Waals surface area contributed by atoms with E-state index in [4.69, 9.17) is 15.0 Å². The highest BCUT2D eigenvalue weighted by Gasteiger charge is 2.21. The molecule has 3 aromatic rings. The van der Waals surface area contributed by atoms with Crippen molar-refractivity contribution in [3.05, 3.63) is 96.1 Å². The summed E-state index contributed by atoms with van der Waals surface area (Å²) in [6.45, 7) is 2.28. The predicted octanol–water partition coefficient (Wildman–Crippen LogP) is 5.27. The zero-order valence-corrected chi connectivity index (χ0v) is 16.2. The second-order valence-electron chi connectivity index (χ2n) is 7.27. The number of nitrogens with zero attached hydrogens (tertiary/aromatic N) is 4. The molecule has 2 heterocycles. The van der Waals surface area contributed by atoms with Gasteiger partial charge in [0.05, 0.1) is 5.69 Å². The van der Waals surface area contributed by atoms with Crippen molar-refractivity contribution >= 4 is 28.8 Å². The summed E-state index contributed by atoms with van der Waals surface area (Å²) in [5.41, 5.74) is 4.99.